The first kappa shape index (κ1) is 11.5. The molecule has 16 heavy (non-hydrogen) atoms. The number of benzene rings is 1. The van der Waals surface area contributed by atoms with E-state index in [0.29, 0.717) is 0 Å². The summed E-state index contributed by atoms with van der Waals surface area (Å²) in [6, 6.07) is 8.80. The minimum Gasteiger partial charge on any atom is -0.377 e. The predicted molar refractivity (Wildman–Crippen MR) is 67.8 cm³/mol. The van der Waals surface area contributed by atoms with Gasteiger partial charge in [-0.2, -0.15) is 0 Å². The molecule has 0 unspecified atom stereocenters. The third-order valence-corrected chi connectivity index (χ3v) is 3.13. The Kier molecular flexibility index (Phi) is 4.23. The van der Waals surface area contributed by atoms with Crippen molar-refractivity contribution in [2.45, 2.75) is 32.8 Å². The summed E-state index contributed by atoms with van der Waals surface area (Å²) in [5.74, 6) is 0. The highest BCUT2D eigenvalue weighted by atomic mass is 16.5. The van der Waals surface area contributed by atoms with Crippen molar-refractivity contribution in [3.8, 4) is 0 Å². The largest absolute Gasteiger partial charge is 0.377 e. The molecule has 2 heteroatoms. The molecule has 2 rings (SSSR count). The summed E-state index contributed by atoms with van der Waals surface area (Å²) in [4.78, 5) is 2.48. The number of hydrogen-bond acceptors (Lipinski definition) is 2. The molecular weight excluding hydrogens is 198 g/mol. The molecule has 0 N–H and O–H groups in total. The molecule has 1 aromatic rings. The van der Waals surface area contributed by atoms with Crippen LogP contribution in [0.1, 0.15) is 31.7 Å². The topological polar surface area (TPSA) is 12.5 Å². The minimum atomic E-state index is 0.733. The smallest absolute Gasteiger partial charge is 0.0716 e. The van der Waals surface area contributed by atoms with Gasteiger partial charge >= 0.3 is 0 Å². The maximum absolute atomic E-state index is 5.39. The van der Waals surface area contributed by atoms with Crippen LogP contribution in [0.5, 0.6) is 0 Å². The summed E-state index contributed by atoms with van der Waals surface area (Å²) in [6.45, 7) is 5.97. The zero-order chi connectivity index (χ0) is 11.2. The van der Waals surface area contributed by atoms with Gasteiger partial charge in [-0.15, -0.1) is 0 Å². The molecule has 1 heterocycles. The van der Waals surface area contributed by atoms with Gasteiger partial charge in [-0.25, -0.2) is 0 Å². The molecule has 0 atom stereocenters. The highest BCUT2D eigenvalue weighted by Gasteiger charge is 2.10. The molecule has 0 aliphatic carbocycles. The third kappa shape index (κ3) is 2.99. The van der Waals surface area contributed by atoms with Crippen molar-refractivity contribution in [1.82, 2.24) is 0 Å². The Morgan fingerprint density at radius 1 is 1.06 bits per heavy atom. The van der Waals surface area contributed by atoms with Gasteiger partial charge in [0.05, 0.1) is 6.61 Å². The highest BCUT2D eigenvalue weighted by Crippen LogP contribution is 2.20. The van der Waals surface area contributed by atoms with Crippen LogP contribution < -0.4 is 4.90 Å². The van der Waals surface area contributed by atoms with Crippen LogP contribution in [0.4, 0.5) is 5.69 Å². The lowest BCUT2D eigenvalue weighted by Gasteiger charge is -2.28. The zero-order valence-corrected chi connectivity index (χ0v) is 10.1. The van der Waals surface area contributed by atoms with Crippen LogP contribution in [0.2, 0.25) is 0 Å². The van der Waals surface area contributed by atoms with Crippen molar-refractivity contribution in [2.75, 3.05) is 24.6 Å². The van der Waals surface area contributed by atoms with Crippen molar-refractivity contribution in [3.05, 3.63) is 29.8 Å². The number of rotatable bonds is 4. The van der Waals surface area contributed by atoms with E-state index in [4.69, 9.17) is 4.74 Å². The Bertz CT molecular complexity index is 301. The summed E-state index contributed by atoms with van der Waals surface area (Å²) >= 11 is 0. The van der Waals surface area contributed by atoms with Gasteiger partial charge in [-0.05, 0) is 43.9 Å². The Morgan fingerprint density at radius 3 is 2.38 bits per heavy atom. The van der Waals surface area contributed by atoms with Crippen molar-refractivity contribution < 1.29 is 4.74 Å². The summed E-state index contributed by atoms with van der Waals surface area (Å²) < 4.78 is 5.39. The van der Waals surface area contributed by atoms with Gasteiger partial charge in [0.2, 0.25) is 0 Å². The predicted octanol–water partition coefficient (Wildman–Crippen LogP) is 3.21. The summed E-state index contributed by atoms with van der Waals surface area (Å²) in [6.07, 6.45) is 4.06. The number of ether oxygens (including phenoxy) is 1. The Hall–Kier alpha value is -1.02. The molecule has 1 fully saturated rings. The van der Waals surface area contributed by atoms with Crippen molar-refractivity contribution in [2.24, 2.45) is 0 Å². The molecule has 0 spiro atoms. The second-order valence-corrected chi connectivity index (χ2v) is 4.35. The first-order valence-corrected chi connectivity index (χ1v) is 6.32. The maximum atomic E-state index is 5.39. The lowest BCUT2D eigenvalue weighted by atomic mass is 10.1. The average Bonchev–Trinajstić information content (AvgIpc) is 2.38. The van der Waals surface area contributed by atoms with Gasteiger partial charge in [0.15, 0.2) is 0 Å². The molecule has 0 saturated carbocycles. The summed E-state index contributed by atoms with van der Waals surface area (Å²) in [7, 11) is 0. The molecule has 88 valence electrons. The van der Waals surface area contributed by atoms with Gasteiger partial charge < -0.3 is 9.64 Å². The molecule has 1 aliphatic heterocycles. The van der Waals surface area contributed by atoms with Crippen molar-refractivity contribution >= 4 is 5.69 Å². The van der Waals surface area contributed by atoms with Gasteiger partial charge in [0, 0.05) is 25.4 Å². The minimum absolute atomic E-state index is 0.733. The number of piperidine rings is 1. The van der Waals surface area contributed by atoms with Gasteiger partial charge in [0.25, 0.3) is 0 Å². The zero-order valence-electron chi connectivity index (χ0n) is 10.1. The Balaban J connectivity index is 1.95. The lowest BCUT2D eigenvalue weighted by Crippen LogP contribution is -2.29. The lowest BCUT2D eigenvalue weighted by molar-refractivity contribution is 0.134. The molecule has 0 amide bonds. The van der Waals surface area contributed by atoms with E-state index in [9.17, 15) is 0 Å². The number of hydrogen-bond donors (Lipinski definition) is 0. The highest BCUT2D eigenvalue weighted by molar-refractivity contribution is 5.47. The Labute approximate surface area is 98.2 Å². The van der Waals surface area contributed by atoms with E-state index in [-0.39, 0.29) is 0 Å². The fraction of sp³-hybridized carbons (Fsp3) is 0.571. The van der Waals surface area contributed by atoms with E-state index >= 15 is 0 Å². The van der Waals surface area contributed by atoms with Gasteiger partial charge in [-0.3, -0.25) is 0 Å². The van der Waals surface area contributed by atoms with E-state index in [1.807, 2.05) is 6.92 Å². The van der Waals surface area contributed by atoms with Crippen LogP contribution in [0.25, 0.3) is 0 Å². The second kappa shape index (κ2) is 5.90. The molecule has 2 nitrogen and oxygen atoms in total. The fourth-order valence-corrected chi connectivity index (χ4v) is 2.18. The van der Waals surface area contributed by atoms with Gasteiger partial charge in [0.1, 0.15) is 0 Å². The molecule has 0 aromatic heterocycles. The molecule has 1 aliphatic rings. The van der Waals surface area contributed by atoms with Crippen LogP contribution in [-0.2, 0) is 11.3 Å². The molecule has 1 saturated heterocycles. The average molecular weight is 219 g/mol. The Morgan fingerprint density at radius 2 is 1.75 bits per heavy atom. The normalized spacial score (nSPS) is 16.4. The molecular formula is C14H21NO. The first-order valence-electron chi connectivity index (χ1n) is 6.32. The summed E-state index contributed by atoms with van der Waals surface area (Å²) in [5.41, 5.74) is 2.63. The number of nitrogens with zero attached hydrogens (tertiary/aromatic N) is 1. The number of anilines is 1. The standard InChI is InChI=1S/C14H21NO/c1-2-16-12-13-6-8-14(9-7-13)15-10-4-3-5-11-15/h6-9H,2-5,10-12H2,1H3. The monoisotopic (exact) mass is 219 g/mol. The van der Waals surface area contributed by atoms with E-state index in [2.05, 4.69) is 29.2 Å². The van der Waals surface area contributed by atoms with Crippen LogP contribution in [0.3, 0.4) is 0 Å². The first-order chi connectivity index (χ1) is 7.90. The maximum Gasteiger partial charge on any atom is 0.0716 e. The quantitative estimate of drug-likeness (QED) is 0.771. The van der Waals surface area contributed by atoms with E-state index in [0.717, 1.165) is 13.2 Å². The van der Waals surface area contributed by atoms with Crippen LogP contribution in [0.15, 0.2) is 24.3 Å². The van der Waals surface area contributed by atoms with Crippen LogP contribution >= 0.6 is 0 Å². The van der Waals surface area contributed by atoms with E-state index in [1.54, 1.807) is 0 Å². The molecule has 0 bridgehead atoms. The van der Waals surface area contributed by atoms with Crippen molar-refractivity contribution in [1.29, 1.82) is 0 Å². The van der Waals surface area contributed by atoms with Crippen LogP contribution in [0, 0.1) is 0 Å². The van der Waals surface area contributed by atoms with E-state index < -0.39 is 0 Å². The second-order valence-electron chi connectivity index (χ2n) is 4.35. The SMILES string of the molecule is CCOCc1ccc(N2CCCCC2)cc1. The molecule has 1 aromatic carbocycles. The van der Waals surface area contributed by atoms with Crippen molar-refractivity contribution in [3.63, 3.8) is 0 Å². The third-order valence-electron chi connectivity index (χ3n) is 3.13. The molecule has 0 radical (unpaired) electrons. The van der Waals surface area contributed by atoms with Gasteiger partial charge in [-0.1, -0.05) is 12.1 Å². The summed E-state index contributed by atoms with van der Waals surface area (Å²) in [5, 5.41) is 0. The van der Waals surface area contributed by atoms with E-state index in [1.165, 1.54) is 43.6 Å². The van der Waals surface area contributed by atoms with Crippen LogP contribution in [-0.4, -0.2) is 19.7 Å². The fourth-order valence-electron chi connectivity index (χ4n) is 2.18.